The van der Waals surface area contributed by atoms with Gasteiger partial charge in [-0.15, -0.1) is 0 Å². The van der Waals surface area contributed by atoms with Gasteiger partial charge in [-0.25, -0.2) is 8.78 Å². The third-order valence-corrected chi connectivity index (χ3v) is 5.67. The smallest absolute Gasteiger partial charge is 0.161 e. The lowest BCUT2D eigenvalue weighted by molar-refractivity contribution is 0.209. The molecule has 1 atom stereocenters. The quantitative estimate of drug-likeness (QED) is 0.520. The number of aromatic nitrogens is 2. The van der Waals surface area contributed by atoms with E-state index in [9.17, 15) is 13.9 Å². The van der Waals surface area contributed by atoms with Gasteiger partial charge in [-0.3, -0.25) is 9.97 Å². The summed E-state index contributed by atoms with van der Waals surface area (Å²) in [5.41, 5.74) is 4.97. The fraction of sp³-hybridized carbons (Fsp3) is 0.360. The highest BCUT2D eigenvalue weighted by Gasteiger charge is 2.11. The Kier molecular flexibility index (Phi) is 6.48. The molecule has 0 aliphatic heterocycles. The molecule has 0 bridgehead atoms. The first-order chi connectivity index (χ1) is 14.6. The maximum absolute atomic E-state index is 13.4. The fourth-order valence-electron chi connectivity index (χ4n) is 3.98. The molecule has 5 heteroatoms. The molecule has 2 aromatic heterocycles. The zero-order chi connectivity index (χ0) is 20.9. The third kappa shape index (κ3) is 5.08. The minimum Gasteiger partial charge on any atom is -0.389 e. The third-order valence-electron chi connectivity index (χ3n) is 5.67. The van der Waals surface area contributed by atoms with E-state index in [2.05, 4.69) is 17.1 Å². The number of aliphatic hydroxyl groups is 1. The Morgan fingerprint density at radius 3 is 2.77 bits per heavy atom. The molecule has 0 saturated heterocycles. The molecular weight excluding hydrogens is 382 g/mol. The van der Waals surface area contributed by atoms with Gasteiger partial charge in [-0.2, -0.15) is 0 Å². The van der Waals surface area contributed by atoms with Crippen LogP contribution in [0.1, 0.15) is 54.6 Å². The van der Waals surface area contributed by atoms with E-state index in [0.717, 1.165) is 55.5 Å². The summed E-state index contributed by atoms with van der Waals surface area (Å²) in [6.07, 6.45) is 12.8. The zero-order valence-corrected chi connectivity index (χ0v) is 17.0. The number of aliphatic hydroxyl groups excluding tert-OH is 1. The number of fused-ring (bicyclic) bond motifs is 2. The summed E-state index contributed by atoms with van der Waals surface area (Å²) >= 11 is 0. The normalized spacial score (nSPS) is 14.9. The van der Waals surface area contributed by atoms with Crippen molar-refractivity contribution in [3.63, 3.8) is 0 Å². The van der Waals surface area contributed by atoms with Crippen LogP contribution >= 0.6 is 0 Å². The van der Waals surface area contributed by atoms with Crippen molar-refractivity contribution >= 4 is 17.0 Å². The summed E-state index contributed by atoms with van der Waals surface area (Å²) in [4.78, 5) is 8.96. The Labute approximate surface area is 175 Å². The number of pyridine rings is 2. The van der Waals surface area contributed by atoms with Crippen LogP contribution in [0.15, 0.2) is 42.6 Å². The second-order valence-corrected chi connectivity index (χ2v) is 8.02. The van der Waals surface area contributed by atoms with Crippen molar-refractivity contribution in [1.82, 2.24) is 9.97 Å². The second kappa shape index (κ2) is 9.43. The Balaban J connectivity index is 1.26. The summed E-state index contributed by atoms with van der Waals surface area (Å²) in [5.74, 6) is -1.79. The summed E-state index contributed by atoms with van der Waals surface area (Å²) in [5, 5.41) is 10.8. The van der Waals surface area contributed by atoms with Gasteiger partial charge in [0.15, 0.2) is 11.6 Å². The average molecular weight is 408 g/mol. The van der Waals surface area contributed by atoms with Gasteiger partial charge in [0.25, 0.3) is 0 Å². The lowest BCUT2D eigenvalue weighted by atomic mass is 9.95. The lowest BCUT2D eigenvalue weighted by Crippen LogP contribution is -2.07. The Bertz CT molecular complexity index is 1060. The van der Waals surface area contributed by atoms with Gasteiger partial charge >= 0.3 is 0 Å². The van der Waals surface area contributed by atoms with Crippen LogP contribution in [0.5, 0.6) is 0 Å². The molecule has 0 amide bonds. The number of nitrogens with zero attached hydrogens (tertiary/aromatic N) is 2. The van der Waals surface area contributed by atoms with E-state index in [4.69, 9.17) is 4.98 Å². The molecule has 30 heavy (non-hydrogen) atoms. The molecule has 1 aromatic carbocycles. The van der Waals surface area contributed by atoms with Gasteiger partial charge in [-0.05, 0) is 74.3 Å². The van der Waals surface area contributed by atoms with Crippen molar-refractivity contribution < 1.29 is 13.9 Å². The predicted octanol–water partition coefficient (Wildman–Crippen LogP) is 5.57. The standard InChI is InChI=1S/C25H26F2N2O/c26-22-14-19-13-17(16-28-25(19)15-23(22)27)9-12-21(30)7-3-2-6-20-11-10-18-5-1-4-8-24(18)29-20/h9-16,21,30H,1-8H2/b12-9+. The molecule has 3 aromatic rings. The highest BCUT2D eigenvalue weighted by atomic mass is 19.2. The van der Waals surface area contributed by atoms with E-state index >= 15 is 0 Å². The molecule has 0 fully saturated rings. The SMILES string of the molecule is OC(/C=C/c1cnc2cc(F)c(F)cc2c1)CCCCc1ccc2c(n1)CCCC2. The molecule has 1 unspecified atom stereocenters. The Morgan fingerprint density at radius 1 is 1.03 bits per heavy atom. The fourth-order valence-corrected chi connectivity index (χ4v) is 3.98. The van der Waals surface area contributed by atoms with Crippen LogP contribution in [-0.4, -0.2) is 21.2 Å². The van der Waals surface area contributed by atoms with Crippen molar-refractivity contribution in [1.29, 1.82) is 0 Å². The highest BCUT2D eigenvalue weighted by molar-refractivity contribution is 5.80. The first-order valence-electron chi connectivity index (χ1n) is 10.7. The molecule has 156 valence electrons. The maximum Gasteiger partial charge on any atom is 0.161 e. The monoisotopic (exact) mass is 408 g/mol. The number of unbranched alkanes of at least 4 members (excludes halogenated alkanes) is 1. The number of halogens is 2. The van der Waals surface area contributed by atoms with Crippen molar-refractivity contribution in [3.8, 4) is 0 Å². The first kappa shape index (κ1) is 20.6. The average Bonchev–Trinajstić information content (AvgIpc) is 2.76. The molecule has 2 heterocycles. The maximum atomic E-state index is 13.4. The lowest BCUT2D eigenvalue weighted by Gasteiger charge is -2.15. The van der Waals surface area contributed by atoms with Gasteiger partial charge in [-0.1, -0.05) is 24.6 Å². The molecule has 1 aliphatic carbocycles. The van der Waals surface area contributed by atoms with Crippen LogP contribution in [0.3, 0.4) is 0 Å². The largest absolute Gasteiger partial charge is 0.389 e. The highest BCUT2D eigenvalue weighted by Crippen LogP contribution is 2.21. The van der Waals surface area contributed by atoms with E-state index in [0.29, 0.717) is 17.3 Å². The van der Waals surface area contributed by atoms with Crippen molar-refractivity contribution in [2.24, 2.45) is 0 Å². The predicted molar refractivity (Wildman–Crippen MR) is 115 cm³/mol. The summed E-state index contributed by atoms with van der Waals surface area (Å²) in [6, 6.07) is 8.33. The Morgan fingerprint density at radius 2 is 1.87 bits per heavy atom. The zero-order valence-electron chi connectivity index (χ0n) is 17.0. The molecule has 3 nitrogen and oxygen atoms in total. The first-order valence-corrected chi connectivity index (χ1v) is 10.7. The van der Waals surface area contributed by atoms with Gasteiger partial charge in [0.2, 0.25) is 0 Å². The Hall–Kier alpha value is -2.66. The van der Waals surface area contributed by atoms with Crippen molar-refractivity contribution in [2.75, 3.05) is 0 Å². The van der Waals surface area contributed by atoms with E-state index in [1.165, 1.54) is 24.1 Å². The molecule has 1 aliphatic rings. The second-order valence-electron chi connectivity index (χ2n) is 8.02. The number of benzene rings is 1. The number of rotatable bonds is 7. The van der Waals surface area contributed by atoms with Gasteiger partial charge in [0, 0.05) is 29.0 Å². The van der Waals surface area contributed by atoms with Crippen LogP contribution in [0.25, 0.3) is 17.0 Å². The van der Waals surface area contributed by atoms with Crippen LogP contribution in [0.2, 0.25) is 0 Å². The van der Waals surface area contributed by atoms with E-state index in [1.807, 2.05) is 0 Å². The summed E-state index contributed by atoms with van der Waals surface area (Å²) in [6.45, 7) is 0. The molecule has 0 radical (unpaired) electrons. The molecule has 0 saturated carbocycles. The minimum absolute atomic E-state index is 0.405. The number of aryl methyl sites for hydroxylation is 3. The summed E-state index contributed by atoms with van der Waals surface area (Å²) < 4.78 is 26.7. The van der Waals surface area contributed by atoms with Gasteiger partial charge in [0.05, 0.1) is 11.6 Å². The van der Waals surface area contributed by atoms with Crippen molar-refractivity contribution in [3.05, 3.63) is 76.8 Å². The van der Waals surface area contributed by atoms with Crippen LogP contribution in [-0.2, 0) is 19.3 Å². The van der Waals surface area contributed by atoms with Crippen LogP contribution in [0.4, 0.5) is 8.78 Å². The van der Waals surface area contributed by atoms with Crippen molar-refractivity contribution in [2.45, 2.75) is 57.5 Å². The minimum atomic E-state index is -0.903. The van der Waals surface area contributed by atoms with Crippen LogP contribution < -0.4 is 0 Å². The molecule has 1 N–H and O–H groups in total. The number of hydrogen-bond acceptors (Lipinski definition) is 3. The van der Waals surface area contributed by atoms with E-state index in [1.54, 1.807) is 24.4 Å². The van der Waals surface area contributed by atoms with Crippen LogP contribution in [0, 0.1) is 11.6 Å². The number of hydrogen-bond donors (Lipinski definition) is 1. The van der Waals surface area contributed by atoms with E-state index < -0.39 is 17.7 Å². The van der Waals surface area contributed by atoms with E-state index in [-0.39, 0.29) is 0 Å². The summed E-state index contributed by atoms with van der Waals surface area (Å²) in [7, 11) is 0. The molecule has 4 rings (SSSR count). The topological polar surface area (TPSA) is 46.0 Å². The molecular formula is C25H26F2N2O. The van der Waals surface area contributed by atoms with Gasteiger partial charge in [0.1, 0.15) is 0 Å². The molecule has 0 spiro atoms. The van der Waals surface area contributed by atoms with Gasteiger partial charge < -0.3 is 5.11 Å².